The van der Waals surface area contributed by atoms with Crippen molar-refractivity contribution >= 4 is 11.9 Å². The van der Waals surface area contributed by atoms with Crippen LogP contribution in [0.15, 0.2) is 0 Å². The van der Waals surface area contributed by atoms with Crippen LogP contribution in [0.3, 0.4) is 0 Å². The molecule has 114 valence electrons. The lowest BCUT2D eigenvalue weighted by molar-refractivity contribution is -0.160. The van der Waals surface area contributed by atoms with E-state index in [0.717, 1.165) is 12.8 Å². The molecule has 20 heavy (non-hydrogen) atoms. The number of carboxylic acids is 1. The molecule has 1 aliphatic heterocycles. The van der Waals surface area contributed by atoms with Crippen molar-refractivity contribution in [2.24, 2.45) is 22.2 Å². The number of hydrogen-bond acceptors (Lipinski definition) is 2. The van der Waals surface area contributed by atoms with Gasteiger partial charge in [-0.15, -0.1) is 0 Å². The largest absolute Gasteiger partial charge is 0.480 e. The molecule has 0 radical (unpaired) electrons. The highest BCUT2D eigenvalue weighted by Gasteiger charge is 2.69. The van der Waals surface area contributed by atoms with Crippen molar-refractivity contribution in [1.82, 2.24) is 4.90 Å². The third-order valence-corrected chi connectivity index (χ3v) is 6.06. The Bertz CT molecular complexity index is 437. The van der Waals surface area contributed by atoms with Gasteiger partial charge >= 0.3 is 5.97 Å². The smallest absolute Gasteiger partial charge is 0.326 e. The molecule has 1 amide bonds. The van der Waals surface area contributed by atoms with E-state index in [4.69, 9.17) is 0 Å². The molecule has 2 fully saturated rings. The van der Waals surface area contributed by atoms with Crippen molar-refractivity contribution in [2.45, 2.75) is 60.4 Å². The lowest BCUT2D eigenvalue weighted by Crippen LogP contribution is -2.57. The quantitative estimate of drug-likeness (QED) is 0.846. The van der Waals surface area contributed by atoms with E-state index in [1.54, 1.807) is 4.90 Å². The molecule has 1 heterocycles. The van der Waals surface area contributed by atoms with E-state index in [0.29, 0.717) is 6.54 Å². The molecule has 2 rings (SSSR count). The number of likely N-dealkylation sites (tertiary alicyclic amines) is 1. The Hall–Kier alpha value is -1.06. The fourth-order valence-electron chi connectivity index (χ4n) is 4.08. The maximum atomic E-state index is 12.9. The van der Waals surface area contributed by atoms with E-state index in [1.807, 2.05) is 13.8 Å². The van der Waals surface area contributed by atoms with Crippen molar-refractivity contribution in [1.29, 1.82) is 0 Å². The molecule has 1 aliphatic carbocycles. The van der Waals surface area contributed by atoms with Gasteiger partial charge in [0.25, 0.3) is 0 Å². The SMILES string of the molecule is CC1(C)CCCN(C(=O)C2C(C)(C)C2(C)C)C1C(=O)O. The van der Waals surface area contributed by atoms with Crippen molar-refractivity contribution in [3.05, 3.63) is 0 Å². The van der Waals surface area contributed by atoms with Gasteiger partial charge in [0.05, 0.1) is 0 Å². The first-order valence-corrected chi connectivity index (χ1v) is 7.48. The average molecular weight is 281 g/mol. The highest BCUT2D eigenvalue weighted by Crippen LogP contribution is 2.69. The lowest BCUT2D eigenvalue weighted by atomic mass is 9.76. The lowest BCUT2D eigenvalue weighted by Gasteiger charge is -2.44. The summed E-state index contributed by atoms with van der Waals surface area (Å²) in [6.45, 7) is 12.9. The number of amides is 1. The molecule has 0 aromatic heterocycles. The van der Waals surface area contributed by atoms with Gasteiger partial charge in [-0.1, -0.05) is 41.5 Å². The van der Waals surface area contributed by atoms with Crippen molar-refractivity contribution in [2.75, 3.05) is 6.54 Å². The predicted octanol–water partition coefficient (Wildman–Crippen LogP) is 2.77. The second-order valence-corrected chi connectivity index (χ2v) is 8.24. The zero-order valence-corrected chi connectivity index (χ0v) is 13.5. The van der Waals surface area contributed by atoms with Gasteiger partial charge < -0.3 is 10.0 Å². The van der Waals surface area contributed by atoms with Crippen LogP contribution in [0.5, 0.6) is 0 Å². The van der Waals surface area contributed by atoms with E-state index in [9.17, 15) is 14.7 Å². The zero-order valence-electron chi connectivity index (χ0n) is 13.5. The summed E-state index contributed by atoms with van der Waals surface area (Å²) < 4.78 is 0. The zero-order chi connectivity index (χ0) is 15.5. The Morgan fingerprint density at radius 2 is 1.55 bits per heavy atom. The predicted molar refractivity (Wildman–Crippen MR) is 77.2 cm³/mol. The summed E-state index contributed by atoms with van der Waals surface area (Å²) >= 11 is 0. The Morgan fingerprint density at radius 3 is 1.95 bits per heavy atom. The third-order valence-electron chi connectivity index (χ3n) is 6.06. The number of nitrogens with zero attached hydrogens (tertiary/aromatic N) is 1. The highest BCUT2D eigenvalue weighted by molar-refractivity contribution is 5.89. The standard InChI is InChI=1S/C16H27NO3/c1-14(2)8-7-9-17(11(14)13(19)20)12(18)10-15(3,4)16(10,5)6/h10-11H,7-9H2,1-6H3,(H,19,20). The summed E-state index contributed by atoms with van der Waals surface area (Å²) in [5.41, 5.74) is -0.452. The first kappa shape index (κ1) is 15.3. The van der Waals surface area contributed by atoms with E-state index in [1.165, 1.54) is 0 Å². The van der Waals surface area contributed by atoms with Gasteiger partial charge in [-0.05, 0) is 29.1 Å². The summed E-state index contributed by atoms with van der Waals surface area (Å²) in [5, 5.41) is 9.56. The average Bonchev–Trinajstić information content (AvgIpc) is 2.66. The fraction of sp³-hybridized carbons (Fsp3) is 0.875. The third kappa shape index (κ3) is 1.95. The van der Waals surface area contributed by atoms with Crippen LogP contribution in [0.2, 0.25) is 0 Å². The number of carbonyl (C=O) groups is 2. The fourth-order valence-corrected chi connectivity index (χ4v) is 4.08. The molecule has 0 spiro atoms. The second-order valence-electron chi connectivity index (χ2n) is 8.24. The highest BCUT2D eigenvalue weighted by atomic mass is 16.4. The van der Waals surface area contributed by atoms with Crippen LogP contribution in [-0.4, -0.2) is 34.5 Å². The summed E-state index contributed by atoms with van der Waals surface area (Å²) in [7, 11) is 0. The number of piperidine rings is 1. The molecule has 0 aromatic rings. The minimum absolute atomic E-state index is 0.0279. The molecule has 4 heteroatoms. The van der Waals surface area contributed by atoms with Crippen LogP contribution in [-0.2, 0) is 9.59 Å². The van der Waals surface area contributed by atoms with E-state index in [2.05, 4.69) is 27.7 Å². The van der Waals surface area contributed by atoms with Crippen molar-refractivity contribution in [3.63, 3.8) is 0 Å². The molecular weight excluding hydrogens is 254 g/mol. The summed E-state index contributed by atoms with van der Waals surface area (Å²) in [6, 6.07) is -0.698. The Kier molecular flexibility index (Phi) is 3.23. The molecular formula is C16H27NO3. The number of carbonyl (C=O) groups excluding carboxylic acids is 1. The number of aliphatic carboxylic acids is 1. The van der Waals surface area contributed by atoms with Gasteiger partial charge in [0.2, 0.25) is 5.91 Å². The van der Waals surface area contributed by atoms with Crippen LogP contribution >= 0.6 is 0 Å². The molecule has 2 aliphatic rings. The van der Waals surface area contributed by atoms with E-state index in [-0.39, 0.29) is 28.1 Å². The topological polar surface area (TPSA) is 57.6 Å². The molecule has 1 unspecified atom stereocenters. The Labute approximate surface area is 121 Å². The first-order valence-electron chi connectivity index (χ1n) is 7.48. The minimum Gasteiger partial charge on any atom is -0.480 e. The first-order chi connectivity index (χ1) is 8.94. The number of carboxylic acid groups (broad SMARTS) is 1. The molecule has 1 N–H and O–H groups in total. The molecule has 1 atom stereocenters. The molecule has 0 aromatic carbocycles. The van der Waals surface area contributed by atoms with Gasteiger partial charge in [0.1, 0.15) is 6.04 Å². The molecule has 1 saturated carbocycles. The maximum absolute atomic E-state index is 12.9. The van der Waals surface area contributed by atoms with Gasteiger partial charge in [-0.2, -0.15) is 0 Å². The molecule has 1 saturated heterocycles. The number of rotatable bonds is 2. The van der Waals surface area contributed by atoms with Crippen molar-refractivity contribution in [3.8, 4) is 0 Å². The number of hydrogen-bond donors (Lipinski definition) is 1. The van der Waals surface area contributed by atoms with Gasteiger partial charge in [0.15, 0.2) is 0 Å². The maximum Gasteiger partial charge on any atom is 0.326 e. The van der Waals surface area contributed by atoms with Crippen LogP contribution < -0.4 is 0 Å². The van der Waals surface area contributed by atoms with Gasteiger partial charge in [-0.3, -0.25) is 4.79 Å². The molecule has 0 bridgehead atoms. The van der Waals surface area contributed by atoms with Crippen LogP contribution in [0.25, 0.3) is 0 Å². The van der Waals surface area contributed by atoms with Gasteiger partial charge in [-0.25, -0.2) is 4.79 Å². The van der Waals surface area contributed by atoms with Crippen LogP contribution in [0.4, 0.5) is 0 Å². The second kappa shape index (κ2) is 4.22. The summed E-state index contributed by atoms with van der Waals surface area (Å²) in [4.78, 5) is 26.1. The molecule has 4 nitrogen and oxygen atoms in total. The van der Waals surface area contributed by atoms with E-state index >= 15 is 0 Å². The monoisotopic (exact) mass is 281 g/mol. The minimum atomic E-state index is -0.876. The summed E-state index contributed by atoms with van der Waals surface area (Å²) in [5.74, 6) is -0.912. The summed E-state index contributed by atoms with van der Waals surface area (Å²) in [6.07, 6.45) is 1.74. The Balaban J connectivity index is 2.28. The van der Waals surface area contributed by atoms with E-state index < -0.39 is 12.0 Å². The Morgan fingerprint density at radius 1 is 1.05 bits per heavy atom. The van der Waals surface area contributed by atoms with Crippen LogP contribution in [0, 0.1) is 22.2 Å². The normalized spacial score (nSPS) is 30.9. The van der Waals surface area contributed by atoms with Gasteiger partial charge in [0, 0.05) is 12.5 Å². The van der Waals surface area contributed by atoms with Crippen molar-refractivity contribution < 1.29 is 14.7 Å². The van der Waals surface area contributed by atoms with Crippen LogP contribution in [0.1, 0.15) is 54.4 Å².